The summed E-state index contributed by atoms with van der Waals surface area (Å²) in [7, 11) is 0. The van der Waals surface area contributed by atoms with Gasteiger partial charge in [-0.05, 0) is 44.2 Å². The molecule has 2 saturated heterocycles. The number of H-pyrrole nitrogens is 1. The van der Waals surface area contributed by atoms with Crippen molar-refractivity contribution in [2.75, 3.05) is 26.2 Å². The van der Waals surface area contributed by atoms with Gasteiger partial charge in [-0.2, -0.15) is 0 Å². The van der Waals surface area contributed by atoms with E-state index in [-0.39, 0.29) is 0 Å². The summed E-state index contributed by atoms with van der Waals surface area (Å²) < 4.78 is 0. The molecule has 17 heavy (non-hydrogen) atoms. The van der Waals surface area contributed by atoms with Crippen molar-refractivity contribution in [1.29, 1.82) is 0 Å². The maximum atomic E-state index is 4.10. The van der Waals surface area contributed by atoms with E-state index in [4.69, 9.17) is 0 Å². The van der Waals surface area contributed by atoms with Gasteiger partial charge in [0, 0.05) is 31.5 Å². The van der Waals surface area contributed by atoms with Crippen LogP contribution in [0.5, 0.6) is 0 Å². The van der Waals surface area contributed by atoms with E-state index >= 15 is 0 Å². The Balaban J connectivity index is 1.62. The van der Waals surface area contributed by atoms with Crippen LogP contribution in [0.3, 0.4) is 0 Å². The van der Waals surface area contributed by atoms with Gasteiger partial charge < -0.3 is 10.3 Å². The molecule has 4 heteroatoms. The highest BCUT2D eigenvalue weighted by Gasteiger charge is 2.36. The Morgan fingerprint density at radius 2 is 2.29 bits per heavy atom. The predicted octanol–water partition coefficient (Wildman–Crippen LogP) is 1.38. The van der Waals surface area contributed by atoms with E-state index < -0.39 is 0 Å². The second kappa shape index (κ2) is 4.78. The van der Waals surface area contributed by atoms with Gasteiger partial charge in [0.1, 0.15) is 0 Å². The highest BCUT2D eigenvalue weighted by atomic mass is 15.2. The summed E-state index contributed by atoms with van der Waals surface area (Å²) >= 11 is 0. The molecule has 2 fully saturated rings. The summed E-state index contributed by atoms with van der Waals surface area (Å²) in [5.41, 5.74) is 1.79. The molecule has 0 bridgehead atoms. The summed E-state index contributed by atoms with van der Waals surface area (Å²) in [6.07, 6.45) is 9.21. The number of aromatic amines is 1. The molecule has 4 nitrogen and oxygen atoms in total. The summed E-state index contributed by atoms with van der Waals surface area (Å²) in [5, 5.41) is 3.58. The van der Waals surface area contributed by atoms with E-state index in [2.05, 4.69) is 20.2 Å². The van der Waals surface area contributed by atoms with Gasteiger partial charge in [-0.15, -0.1) is 0 Å². The van der Waals surface area contributed by atoms with Gasteiger partial charge in [0.15, 0.2) is 0 Å². The number of likely N-dealkylation sites (tertiary alicyclic amines) is 1. The number of nitrogens with one attached hydrogen (secondary N) is 2. The molecular weight excluding hydrogens is 212 g/mol. The Kier molecular flexibility index (Phi) is 3.16. The molecular formula is C13H22N4. The molecule has 1 aromatic heterocycles. The van der Waals surface area contributed by atoms with Gasteiger partial charge in [0.2, 0.25) is 0 Å². The molecule has 1 spiro atoms. The Hall–Kier alpha value is -0.870. The highest BCUT2D eigenvalue weighted by Crippen LogP contribution is 2.36. The van der Waals surface area contributed by atoms with E-state index in [9.17, 15) is 0 Å². The van der Waals surface area contributed by atoms with Crippen LogP contribution in [0.25, 0.3) is 0 Å². The minimum atomic E-state index is 0.552. The fourth-order valence-electron chi connectivity index (χ4n) is 3.44. The first-order valence-corrected chi connectivity index (χ1v) is 6.77. The van der Waals surface area contributed by atoms with E-state index in [0.29, 0.717) is 5.41 Å². The van der Waals surface area contributed by atoms with Crippen molar-refractivity contribution in [1.82, 2.24) is 20.2 Å². The Bertz CT molecular complexity index is 335. The quantitative estimate of drug-likeness (QED) is 0.812. The SMILES string of the molecule is c1ncc(CN2CCCC3(CCCNC3)C2)[nH]1. The van der Waals surface area contributed by atoms with Crippen LogP contribution >= 0.6 is 0 Å². The first kappa shape index (κ1) is 11.2. The molecule has 0 saturated carbocycles. The van der Waals surface area contributed by atoms with Crippen molar-refractivity contribution in [3.05, 3.63) is 18.2 Å². The second-order valence-electron chi connectivity index (χ2n) is 5.67. The van der Waals surface area contributed by atoms with Crippen LogP contribution in [0.1, 0.15) is 31.4 Å². The minimum Gasteiger partial charge on any atom is -0.347 e. The third-order valence-corrected chi connectivity index (χ3v) is 4.25. The number of nitrogens with zero attached hydrogens (tertiary/aromatic N) is 2. The Morgan fingerprint density at radius 1 is 1.35 bits per heavy atom. The van der Waals surface area contributed by atoms with Crippen LogP contribution in [0, 0.1) is 5.41 Å². The highest BCUT2D eigenvalue weighted by molar-refractivity contribution is 4.97. The molecule has 1 unspecified atom stereocenters. The normalized spacial score (nSPS) is 30.8. The van der Waals surface area contributed by atoms with Gasteiger partial charge in [-0.3, -0.25) is 4.90 Å². The van der Waals surface area contributed by atoms with Crippen molar-refractivity contribution in [3.8, 4) is 0 Å². The van der Waals surface area contributed by atoms with Crippen LogP contribution in [0.2, 0.25) is 0 Å². The average molecular weight is 234 g/mol. The van der Waals surface area contributed by atoms with Crippen molar-refractivity contribution in [2.45, 2.75) is 32.2 Å². The fourth-order valence-corrected chi connectivity index (χ4v) is 3.44. The van der Waals surface area contributed by atoms with Crippen LogP contribution in [-0.4, -0.2) is 41.0 Å². The zero-order valence-electron chi connectivity index (χ0n) is 10.4. The van der Waals surface area contributed by atoms with Gasteiger partial charge in [0.25, 0.3) is 0 Å². The average Bonchev–Trinajstić information content (AvgIpc) is 2.83. The number of hydrogen-bond acceptors (Lipinski definition) is 3. The van der Waals surface area contributed by atoms with Crippen molar-refractivity contribution in [3.63, 3.8) is 0 Å². The standard InChI is InChI=1S/C13H22N4/c1-3-13(9-14-5-1)4-2-6-17(10-13)8-12-7-15-11-16-12/h7,11,14H,1-6,8-10H2,(H,15,16). The molecule has 1 atom stereocenters. The van der Waals surface area contributed by atoms with Crippen LogP contribution in [-0.2, 0) is 6.54 Å². The van der Waals surface area contributed by atoms with Gasteiger partial charge in [-0.1, -0.05) is 0 Å². The molecule has 2 N–H and O–H groups in total. The topological polar surface area (TPSA) is 44.0 Å². The summed E-state index contributed by atoms with van der Waals surface area (Å²) in [6.45, 7) is 5.94. The monoisotopic (exact) mass is 234 g/mol. The summed E-state index contributed by atoms with van der Waals surface area (Å²) in [4.78, 5) is 9.89. The molecule has 0 aliphatic carbocycles. The van der Waals surface area contributed by atoms with Crippen molar-refractivity contribution >= 4 is 0 Å². The molecule has 3 rings (SSSR count). The lowest BCUT2D eigenvalue weighted by Gasteiger charge is -2.45. The minimum absolute atomic E-state index is 0.552. The first-order chi connectivity index (χ1) is 8.36. The van der Waals surface area contributed by atoms with Crippen LogP contribution in [0.4, 0.5) is 0 Å². The number of aromatic nitrogens is 2. The Labute approximate surface area is 103 Å². The fraction of sp³-hybridized carbons (Fsp3) is 0.769. The molecule has 1 aromatic rings. The predicted molar refractivity (Wildman–Crippen MR) is 67.6 cm³/mol. The first-order valence-electron chi connectivity index (χ1n) is 6.77. The number of hydrogen-bond donors (Lipinski definition) is 2. The molecule has 0 radical (unpaired) electrons. The smallest absolute Gasteiger partial charge is 0.0922 e. The zero-order valence-corrected chi connectivity index (χ0v) is 10.4. The summed E-state index contributed by atoms with van der Waals surface area (Å²) in [6, 6.07) is 0. The van der Waals surface area contributed by atoms with Crippen LogP contribution in [0.15, 0.2) is 12.5 Å². The molecule has 2 aliphatic heterocycles. The van der Waals surface area contributed by atoms with Crippen molar-refractivity contribution < 1.29 is 0 Å². The van der Waals surface area contributed by atoms with E-state index in [1.54, 1.807) is 6.33 Å². The number of piperidine rings is 2. The molecule has 3 heterocycles. The third-order valence-electron chi connectivity index (χ3n) is 4.25. The lowest BCUT2D eigenvalue weighted by molar-refractivity contribution is 0.0594. The largest absolute Gasteiger partial charge is 0.347 e. The lowest BCUT2D eigenvalue weighted by Crippen LogP contribution is -2.50. The molecule has 2 aliphatic rings. The molecule has 0 amide bonds. The third kappa shape index (κ3) is 2.53. The van der Waals surface area contributed by atoms with E-state index in [0.717, 1.165) is 6.54 Å². The Morgan fingerprint density at radius 3 is 3.06 bits per heavy atom. The van der Waals surface area contributed by atoms with Crippen molar-refractivity contribution in [2.24, 2.45) is 5.41 Å². The number of imidazole rings is 1. The number of rotatable bonds is 2. The summed E-state index contributed by atoms with van der Waals surface area (Å²) in [5.74, 6) is 0. The van der Waals surface area contributed by atoms with E-state index in [1.807, 2.05) is 6.20 Å². The molecule has 0 aromatic carbocycles. The van der Waals surface area contributed by atoms with E-state index in [1.165, 1.54) is 57.6 Å². The maximum absolute atomic E-state index is 4.10. The molecule has 94 valence electrons. The zero-order chi connectivity index (χ0) is 11.6. The van der Waals surface area contributed by atoms with Gasteiger partial charge in [0.05, 0.1) is 6.33 Å². The second-order valence-corrected chi connectivity index (χ2v) is 5.67. The lowest BCUT2D eigenvalue weighted by atomic mass is 9.74. The van der Waals surface area contributed by atoms with Crippen LogP contribution < -0.4 is 5.32 Å². The van der Waals surface area contributed by atoms with Gasteiger partial charge >= 0.3 is 0 Å². The maximum Gasteiger partial charge on any atom is 0.0922 e. The van der Waals surface area contributed by atoms with Gasteiger partial charge in [-0.25, -0.2) is 4.98 Å².